The standard InChI is InChI=1S/C16H19N3OS/c17-13-7-6-12(10-13)15(20)19-14(16-18-8-9-21-16)11-4-2-1-3-5-11/h1-5,8-9,12-14H,6-7,10,17H2,(H,19,20). The zero-order valence-electron chi connectivity index (χ0n) is 11.7. The van der Waals surface area contributed by atoms with Crippen molar-refractivity contribution in [2.45, 2.75) is 31.3 Å². The van der Waals surface area contributed by atoms with Crippen LogP contribution in [0.5, 0.6) is 0 Å². The summed E-state index contributed by atoms with van der Waals surface area (Å²) in [5.74, 6) is 0.123. The average Bonchev–Trinajstić information content (AvgIpc) is 3.17. The molecular weight excluding hydrogens is 282 g/mol. The van der Waals surface area contributed by atoms with Crippen molar-refractivity contribution in [1.82, 2.24) is 10.3 Å². The van der Waals surface area contributed by atoms with Gasteiger partial charge in [0.2, 0.25) is 5.91 Å². The number of nitrogens with zero attached hydrogens (tertiary/aromatic N) is 1. The number of rotatable bonds is 4. The molecule has 1 saturated carbocycles. The summed E-state index contributed by atoms with van der Waals surface area (Å²) in [7, 11) is 0. The van der Waals surface area contributed by atoms with E-state index in [1.165, 1.54) is 0 Å². The number of carbonyl (C=O) groups is 1. The molecular formula is C16H19N3OS. The summed E-state index contributed by atoms with van der Waals surface area (Å²) in [5.41, 5.74) is 6.97. The van der Waals surface area contributed by atoms with E-state index in [-0.39, 0.29) is 23.9 Å². The van der Waals surface area contributed by atoms with Crippen LogP contribution in [0.25, 0.3) is 0 Å². The summed E-state index contributed by atoms with van der Waals surface area (Å²) in [6.45, 7) is 0. The first-order chi connectivity index (χ1) is 10.2. The summed E-state index contributed by atoms with van der Waals surface area (Å²) in [4.78, 5) is 16.8. The quantitative estimate of drug-likeness (QED) is 0.911. The Bertz CT molecular complexity index is 585. The summed E-state index contributed by atoms with van der Waals surface area (Å²) in [6, 6.07) is 9.97. The maximum absolute atomic E-state index is 12.5. The van der Waals surface area contributed by atoms with Gasteiger partial charge in [-0.05, 0) is 24.8 Å². The summed E-state index contributed by atoms with van der Waals surface area (Å²) in [5, 5.41) is 6.00. The Balaban J connectivity index is 1.79. The van der Waals surface area contributed by atoms with Gasteiger partial charge in [-0.2, -0.15) is 0 Å². The number of benzene rings is 1. The highest BCUT2D eigenvalue weighted by atomic mass is 32.1. The van der Waals surface area contributed by atoms with Crippen molar-refractivity contribution in [2.24, 2.45) is 11.7 Å². The van der Waals surface area contributed by atoms with Crippen molar-refractivity contribution in [2.75, 3.05) is 0 Å². The van der Waals surface area contributed by atoms with Gasteiger partial charge in [0.25, 0.3) is 0 Å². The molecule has 1 heterocycles. The minimum atomic E-state index is -0.171. The Morgan fingerprint density at radius 2 is 2.14 bits per heavy atom. The van der Waals surface area contributed by atoms with Gasteiger partial charge in [0.1, 0.15) is 11.0 Å². The number of nitrogens with one attached hydrogen (secondary N) is 1. The monoisotopic (exact) mass is 301 g/mol. The highest BCUT2D eigenvalue weighted by molar-refractivity contribution is 7.09. The summed E-state index contributed by atoms with van der Waals surface area (Å²) in [6.07, 6.45) is 4.37. The van der Waals surface area contributed by atoms with Crippen molar-refractivity contribution in [3.05, 3.63) is 52.5 Å². The molecule has 3 atom stereocenters. The Hall–Kier alpha value is -1.72. The molecule has 3 unspecified atom stereocenters. The number of thiazole rings is 1. The molecule has 0 bridgehead atoms. The van der Waals surface area contributed by atoms with Gasteiger partial charge < -0.3 is 11.1 Å². The van der Waals surface area contributed by atoms with Crippen molar-refractivity contribution in [1.29, 1.82) is 0 Å². The van der Waals surface area contributed by atoms with E-state index in [0.717, 1.165) is 29.8 Å². The zero-order chi connectivity index (χ0) is 14.7. The van der Waals surface area contributed by atoms with E-state index in [2.05, 4.69) is 10.3 Å². The molecule has 1 amide bonds. The fraction of sp³-hybridized carbons (Fsp3) is 0.375. The molecule has 1 aromatic carbocycles. The molecule has 0 spiro atoms. The van der Waals surface area contributed by atoms with E-state index in [1.54, 1.807) is 17.5 Å². The molecule has 5 heteroatoms. The third-order valence-corrected chi connectivity index (χ3v) is 4.80. The van der Waals surface area contributed by atoms with E-state index in [1.807, 2.05) is 35.7 Å². The van der Waals surface area contributed by atoms with Gasteiger partial charge in [-0.15, -0.1) is 11.3 Å². The summed E-state index contributed by atoms with van der Waals surface area (Å²) >= 11 is 1.56. The predicted molar refractivity (Wildman–Crippen MR) is 83.9 cm³/mol. The Morgan fingerprint density at radius 3 is 2.76 bits per heavy atom. The van der Waals surface area contributed by atoms with Crippen LogP contribution in [0.15, 0.2) is 41.9 Å². The number of aromatic nitrogens is 1. The maximum atomic E-state index is 12.5. The lowest BCUT2D eigenvalue weighted by atomic mass is 10.0. The van der Waals surface area contributed by atoms with Crippen LogP contribution in [-0.2, 0) is 4.79 Å². The van der Waals surface area contributed by atoms with E-state index in [0.29, 0.717) is 0 Å². The lowest BCUT2D eigenvalue weighted by molar-refractivity contribution is -0.125. The van der Waals surface area contributed by atoms with Gasteiger partial charge in [0.05, 0.1) is 0 Å². The highest BCUT2D eigenvalue weighted by Gasteiger charge is 2.30. The van der Waals surface area contributed by atoms with Crippen LogP contribution in [0.3, 0.4) is 0 Å². The predicted octanol–water partition coefficient (Wildman–Crippen LogP) is 2.48. The Morgan fingerprint density at radius 1 is 1.33 bits per heavy atom. The molecule has 0 radical (unpaired) electrons. The molecule has 1 aliphatic rings. The number of amides is 1. The number of carbonyl (C=O) groups excluding carboxylic acids is 1. The molecule has 3 N–H and O–H groups in total. The second-order valence-electron chi connectivity index (χ2n) is 5.49. The number of hydrogen-bond donors (Lipinski definition) is 2. The molecule has 4 nitrogen and oxygen atoms in total. The minimum absolute atomic E-state index is 0.0335. The summed E-state index contributed by atoms with van der Waals surface area (Å²) < 4.78 is 0. The first-order valence-corrected chi connectivity index (χ1v) is 8.12. The van der Waals surface area contributed by atoms with Gasteiger partial charge in [-0.3, -0.25) is 4.79 Å². The fourth-order valence-corrected chi connectivity index (χ4v) is 3.54. The van der Waals surface area contributed by atoms with Crippen LogP contribution in [0, 0.1) is 5.92 Å². The molecule has 1 aliphatic carbocycles. The van der Waals surface area contributed by atoms with Crippen LogP contribution in [0.4, 0.5) is 0 Å². The first kappa shape index (κ1) is 14.2. The van der Waals surface area contributed by atoms with Crippen molar-refractivity contribution in [3.8, 4) is 0 Å². The van der Waals surface area contributed by atoms with Gasteiger partial charge in [0, 0.05) is 23.5 Å². The lowest BCUT2D eigenvalue weighted by Crippen LogP contribution is -2.34. The largest absolute Gasteiger partial charge is 0.342 e. The SMILES string of the molecule is NC1CCC(C(=O)NC(c2ccccc2)c2nccs2)C1. The van der Waals surface area contributed by atoms with Gasteiger partial charge in [0.15, 0.2) is 0 Å². The average molecular weight is 301 g/mol. The molecule has 1 aromatic heterocycles. The third-order valence-electron chi connectivity index (χ3n) is 3.96. The molecule has 3 rings (SSSR count). The van der Waals surface area contributed by atoms with Crippen molar-refractivity contribution >= 4 is 17.2 Å². The van der Waals surface area contributed by atoms with E-state index in [9.17, 15) is 4.79 Å². The smallest absolute Gasteiger partial charge is 0.223 e. The molecule has 0 saturated heterocycles. The van der Waals surface area contributed by atoms with Crippen molar-refractivity contribution < 1.29 is 4.79 Å². The van der Waals surface area contributed by atoms with E-state index < -0.39 is 0 Å². The second-order valence-corrected chi connectivity index (χ2v) is 6.42. The maximum Gasteiger partial charge on any atom is 0.223 e. The van der Waals surface area contributed by atoms with Gasteiger partial charge >= 0.3 is 0 Å². The Kier molecular flexibility index (Phi) is 4.31. The van der Waals surface area contributed by atoms with Crippen LogP contribution in [0.2, 0.25) is 0 Å². The number of nitrogens with two attached hydrogens (primary N) is 1. The van der Waals surface area contributed by atoms with Crippen LogP contribution >= 0.6 is 11.3 Å². The van der Waals surface area contributed by atoms with Gasteiger partial charge in [-0.25, -0.2) is 4.98 Å². The topological polar surface area (TPSA) is 68.0 Å². The van der Waals surface area contributed by atoms with E-state index >= 15 is 0 Å². The third kappa shape index (κ3) is 3.31. The number of hydrogen-bond acceptors (Lipinski definition) is 4. The molecule has 2 aromatic rings. The highest BCUT2D eigenvalue weighted by Crippen LogP contribution is 2.28. The molecule has 110 valence electrons. The minimum Gasteiger partial charge on any atom is -0.342 e. The normalized spacial score (nSPS) is 22.9. The van der Waals surface area contributed by atoms with Crippen molar-refractivity contribution in [3.63, 3.8) is 0 Å². The van der Waals surface area contributed by atoms with Gasteiger partial charge in [-0.1, -0.05) is 30.3 Å². The van der Waals surface area contributed by atoms with Crippen LogP contribution in [0.1, 0.15) is 35.9 Å². The first-order valence-electron chi connectivity index (χ1n) is 7.24. The zero-order valence-corrected chi connectivity index (χ0v) is 12.6. The van der Waals surface area contributed by atoms with Crippen LogP contribution in [-0.4, -0.2) is 16.9 Å². The molecule has 0 aliphatic heterocycles. The molecule has 21 heavy (non-hydrogen) atoms. The van der Waals surface area contributed by atoms with Crippen LogP contribution < -0.4 is 11.1 Å². The Labute approximate surface area is 128 Å². The second kappa shape index (κ2) is 6.37. The fourth-order valence-electron chi connectivity index (χ4n) is 2.82. The molecule has 1 fully saturated rings. The lowest BCUT2D eigenvalue weighted by Gasteiger charge is -2.19. The van der Waals surface area contributed by atoms with E-state index in [4.69, 9.17) is 5.73 Å².